The third kappa shape index (κ3) is 4.36. The van der Waals surface area contributed by atoms with Gasteiger partial charge in [-0.2, -0.15) is 5.26 Å². The minimum absolute atomic E-state index is 0.884. The van der Waals surface area contributed by atoms with E-state index in [1.807, 2.05) is 0 Å². The minimum Gasteiger partial charge on any atom is -0.481 e. The molecule has 9 nitrogen and oxygen atoms in total. The Bertz CT molecular complexity index is 369. The lowest BCUT2D eigenvalue weighted by molar-refractivity contribution is -0.184. The summed E-state index contributed by atoms with van der Waals surface area (Å²) in [5, 5.41) is 43.3. The van der Waals surface area contributed by atoms with Crippen molar-refractivity contribution in [1.29, 1.82) is 5.26 Å². The number of carboxylic acids is 3. The van der Waals surface area contributed by atoms with E-state index in [1.165, 1.54) is 6.07 Å². The maximum atomic E-state index is 11.0. The van der Waals surface area contributed by atoms with Crippen LogP contribution in [0.4, 0.5) is 0 Å². The first-order valence-corrected chi connectivity index (χ1v) is 4.62. The molecule has 0 bridgehead atoms. The standard InChI is InChI=1S/C9H11NO8/c10-3-5(4-11)18-9(8(16)17,1-6(12)13)2-7(14)15/h5,11H,1-2,4H2,(H,12,13)(H,14,15)(H,16,17). The van der Waals surface area contributed by atoms with Crippen LogP contribution in [0.5, 0.6) is 0 Å². The molecule has 0 aromatic heterocycles. The molecule has 0 saturated carbocycles. The summed E-state index contributed by atoms with van der Waals surface area (Å²) in [6.07, 6.45) is -3.92. The van der Waals surface area contributed by atoms with Crippen LogP contribution in [0.15, 0.2) is 0 Å². The van der Waals surface area contributed by atoms with Crippen molar-refractivity contribution in [2.45, 2.75) is 24.5 Å². The average molecular weight is 261 g/mol. The second kappa shape index (κ2) is 6.53. The van der Waals surface area contributed by atoms with Gasteiger partial charge in [0.05, 0.1) is 25.5 Å². The third-order valence-electron chi connectivity index (χ3n) is 1.94. The highest BCUT2D eigenvalue weighted by Crippen LogP contribution is 2.24. The molecule has 0 aromatic rings. The molecule has 0 rings (SSSR count). The van der Waals surface area contributed by atoms with Crippen LogP contribution in [0.3, 0.4) is 0 Å². The molecule has 0 saturated heterocycles. The van der Waals surface area contributed by atoms with Crippen molar-refractivity contribution in [2.24, 2.45) is 0 Å². The Labute approximate surface area is 101 Å². The number of hydrogen-bond acceptors (Lipinski definition) is 6. The Morgan fingerprint density at radius 3 is 1.83 bits per heavy atom. The number of nitrogens with zero attached hydrogens (tertiary/aromatic N) is 1. The topological polar surface area (TPSA) is 165 Å². The van der Waals surface area contributed by atoms with Crippen molar-refractivity contribution in [1.82, 2.24) is 0 Å². The van der Waals surface area contributed by atoms with E-state index in [2.05, 4.69) is 4.74 Å². The highest BCUT2D eigenvalue weighted by atomic mass is 16.5. The summed E-state index contributed by atoms with van der Waals surface area (Å²) in [5.74, 6) is -5.04. The van der Waals surface area contributed by atoms with Gasteiger partial charge in [0, 0.05) is 0 Å². The second-order valence-electron chi connectivity index (χ2n) is 3.36. The molecule has 0 spiro atoms. The Balaban J connectivity index is 5.31. The summed E-state index contributed by atoms with van der Waals surface area (Å²) in [5.41, 5.74) is -2.60. The SMILES string of the molecule is N#CC(CO)OC(CC(=O)O)(CC(=O)O)C(=O)O. The van der Waals surface area contributed by atoms with Gasteiger partial charge in [0.2, 0.25) is 0 Å². The monoisotopic (exact) mass is 261 g/mol. The van der Waals surface area contributed by atoms with Crippen LogP contribution >= 0.6 is 0 Å². The molecule has 0 aliphatic rings. The van der Waals surface area contributed by atoms with E-state index in [4.69, 9.17) is 25.7 Å². The second-order valence-corrected chi connectivity index (χ2v) is 3.36. The number of rotatable bonds is 8. The molecule has 100 valence electrons. The molecule has 1 atom stereocenters. The molecule has 0 aromatic carbocycles. The lowest BCUT2D eigenvalue weighted by Gasteiger charge is -2.28. The summed E-state index contributed by atoms with van der Waals surface area (Å²) < 4.78 is 4.65. The summed E-state index contributed by atoms with van der Waals surface area (Å²) in [7, 11) is 0. The Hall–Kier alpha value is -2.18. The first kappa shape index (κ1) is 15.8. The first-order chi connectivity index (χ1) is 8.27. The lowest BCUT2D eigenvalue weighted by atomic mass is 9.95. The van der Waals surface area contributed by atoms with Gasteiger partial charge in [-0.1, -0.05) is 0 Å². The quantitative estimate of drug-likeness (QED) is 0.413. The van der Waals surface area contributed by atoms with Gasteiger partial charge >= 0.3 is 17.9 Å². The van der Waals surface area contributed by atoms with E-state index < -0.39 is 49.1 Å². The largest absolute Gasteiger partial charge is 0.481 e. The van der Waals surface area contributed by atoms with Crippen molar-refractivity contribution in [3.8, 4) is 6.07 Å². The fraction of sp³-hybridized carbons (Fsp3) is 0.556. The third-order valence-corrected chi connectivity index (χ3v) is 1.94. The molecule has 0 radical (unpaired) electrons. The van der Waals surface area contributed by atoms with E-state index in [1.54, 1.807) is 0 Å². The number of carbonyl (C=O) groups is 3. The zero-order valence-corrected chi connectivity index (χ0v) is 9.07. The van der Waals surface area contributed by atoms with Crippen molar-refractivity contribution in [3.63, 3.8) is 0 Å². The molecular weight excluding hydrogens is 250 g/mol. The van der Waals surface area contributed by atoms with Crippen LogP contribution in [-0.2, 0) is 19.1 Å². The van der Waals surface area contributed by atoms with E-state index in [-0.39, 0.29) is 0 Å². The molecule has 1 unspecified atom stereocenters. The lowest BCUT2D eigenvalue weighted by Crippen LogP contribution is -2.48. The van der Waals surface area contributed by atoms with Crippen LogP contribution < -0.4 is 0 Å². The van der Waals surface area contributed by atoms with Gasteiger partial charge in [0.1, 0.15) is 0 Å². The summed E-state index contributed by atoms with van der Waals surface area (Å²) in [4.78, 5) is 32.2. The van der Waals surface area contributed by atoms with E-state index in [0.29, 0.717) is 0 Å². The highest BCUT2D eigenvalue weighted by molar-refractivity contribution is 5.88. The van der Waals surface area contributed by atoms with Crippen molar-refractivity contribution in [3.05, 3.63) is 0 Å². The Kier molecular flexibility index (Phi) is 5.74. The average Bonchev–Trinajstić information content (AvgIpc) is 2.23. The van der Waals surface area contributed by atoms with Gasteiger partial charge in [-0.15, -0.1) is 0 Å². The molecule has 4 N–H and O–H groups in total. The van der Waals surface area contributed by atoms with Gasteiger partial charge in [-0.3, -0.25) is 9.59 Å². The maximum absolute atomic E-state index is 11.0. The molecule has 0 fully saturated rings. The smallest absolute Gasteiger partial charge is 0.337 e. The zero-order valence-electron chi connectivity index (χ0n) is 9.07. The minimum atomic E-state index is -2.60. The number of nitriles is 1. The van der Waals surface area contributed by atoms with E-state index >= 15 is 0 Å². The number of aliphatic hydroxyl groups is 1. The number of carboxylic acid groups (broad SMARTS) is 3. The van der Waals surface area contributed by atoms with Gasteiger partial charge in [0.25, 0.3) is 0 Å². The van der Waals surface area contributed by atoms with Crippen molar-refractivity contribution >= 4 is 17.9 Å². The van der Waals surface area contributed by atoms with E-state index in [0.717, 1.165) is 0 Å². The molecule has 0 heterocycles. The predicted octanol–water partition coefficient (Wildman–Crippen LogP) is -1.34. The number of aliphatic carboxylic acids is 3. The number of ether oxygens (including phenoxy) is 1. The molecule has 9 heteroatoms. The van der Waals surface area contributed by atoms with Crippen LogP contribution in [-0.4, -0.2) is 56.6 Å². The fourth-order valence-electron chi connectivity index (χ4n) is 1.21. The predicted molar refractivity (Wildman–Crippen MR) is 52.4 cm³/mol. The van der Waals surface area contributed by atoms with Gasteiger partial charge in [0.15, 0.2) is 11.7 Å². The van der Waals surface area contributed by atoms with Crippen LogP contribution in [0.2, 0.25) is 0 Å². The molecule has 0 aliphatic heterocycles. The van der Waals surface area contributed by atoms with Crippen molar-refractivity contribution in [2.75, 3.05) is 6.61 Å². The first-order valence-electron chi connectivity index (χ1n) is 4.62. The Morgan fingerprint density at radius 1 is 1.17 bits per heavy atom. The summed E-state index contributed by atoms with van der Waals surface area (Å²) in [6.45, 7) is -0.884. The normalized spacial score (nSPS) is 12.4. The maximum Gasteiger partial charge on any atom is 0.337 e. The van der Waals surface area contributed by atoms with Crippen LogP contribution in [0.1, 0.15) is 12.8 Å². The van der Waals surface area contributed by atoms with E-state index in [9.17, 15) is 14.4 Å². The number of hydrogen-bond donors (Lipinski definition) is 4. The van der Waals surface area contributed by atoms with Crippen LogP contribution in [0.25, 0.3) is 0 Å². The van der Waals surface area contributed by atoms with Gasteiger partial charge in [-0.05, 0) is 0 Å². The molecule has 18 heavy (non-hydrogen) atoms. The number of aliphatic hydroxyl groups excluding tert-OH is 1. The molecule has 0 aliphatic carbocycles. The summed E-state index contributed by atoms with van der Waals surface area (Å²) >= 11 is 0. The van der Waals surface area contributed by atoms with Crippen LogP contribution in [0, 0.1) is 11.3 Å². The fourth-order valence-corrected chi connectivity index (χ4v) is 1.21. The summed E-state index contributed by atoms with van der Waals surface area (Å²) in [6, 6.07) is 1.39. The highest BCUT2D eigenvalue weighted by Gasteiger charge is 2.46. The molecule has 0 amide bonds. The van der Waals surface area contributed by atoms with Gasteiger partial charge < -0.3 is 25.2 Å². The Morgan fingerprint density at radius 2 is 1.61 bits per heavy atom. The zero-order chi connectivity index (χ0) is 14.3. The molecular formula is C9H11NO8. The van der Waals surface area contributed by atoms with Crippen molar-refractivity contribution < 1.29 is 39.5 Å². The van der Waals surface area contributed by atoms with Gasteiger partial charge in [-0.25, -0.2) is 4.79 Å².